The molecule has 0 fully saturated rings. The van der Waals surface area contributed by atoms with E-state index in [9.17, 15) is 9.59 Å². The van der Waals surface area contributed by atoms with Crippen LogP contribution in [0.1, 0.15) is 20.0 Å². The number of thiophene rings is 1. The third-order valence-electron chi connectivity index (χ3n) is 4.76. The van der Waals surface area contributed by atoms with Crippen molar-refractivity contribution in [2.45, 2.75) is 0 Å². The first-order valence-electron chi connectivity index (χ1n) is 9.10. The van der Waals surface area contributed by atoms with Gasteiger partial charge in [-0.25, -0.2) is 9.50 Å². The number of carbonyl (C=O) groups is 2. The van der Waals surface area contributed by atoms with Crippen LogP contribution in [0.2, 0.25) is 0 Å². The predicted octanol–water partition coefficient (Wildman–Crippen LogP) is 2.69. The van der Waals surface area contributed by atoms with Crippen LogP contribution in [0.4, 0.5) is 5.69 Å². The number of ether oxygens (including phenoxy) is 1. The van der Waals surface area contributed by atoms with Crippen molar-refractivity contribution in [1.82, 2.24) is 24.8 Å². The van der Waals surface area contributed by atoms with Crippen LogP contribution < -0.4 is 15.8 Å². The number of rotatable bonds is 5. The monoisotopic (exact) mass is 433 g/mol. The van der Waals surface area contributed by atoms with Gasteiger partial charge in [-0.3, -0.25) is 14.7 Å². The van der Waals surface area contributed by atoms with Gasteiger partial charge in [0.2, 0.25) is 0 Å². The standard InChI is InChI=1S/C20H15N7O3S/c1-30-14-7-15-10(6-16(31-15)18(21)28)5-11(14)17-13(9-23-26-17)25-20(29)12-8-24-27-4-2-3-22-19(12)27/h2-9H,1H3,(H2,21,28)(H,23,26)(H,25,29). The van der Waals surface area contributed by atoms with Crippen molar-refractivity contribution in [3.63, 3.8) is 0 Å². The minimum Gasteiger partial charge on any atom is -0.496 e. The topological polar surface area (TPSA) is 140 Å². The lowest BCUT2D eigenvalue weighted by Gasteiger charge is -2.10. The largest absolute Gasteiger partial charge is 0.496 e. The van der Waals surface area contributed by atoms with Gasteiger partial charge >= 0.3 is 0 Å². The Labute approximate surface area is 178 Å². The second-order valence-electron chi connectivity index (χ2n) is 6.62. The lowest BCUT2D eigenvalue weighted by molar-refractivity contribution is 0.100. The molecule has 0 unspecified atom stereocenters. The molecule has 4 aromatic heterocycles. The number of nitrogens with zero attached hydrogens (tertiary/aromatic N) is 4. The summed E-state index contributed by atoms with van der Waals surface area (Å²) in [6.07, 6.45) is 6.28. The highest BCUT2D eigenvalue weighted by Gasteiger charge is 2.20. The number of amides is 2. The molecule has 1 aromatic carbocycles. The number of anilines is 1. The van der Waals surface area contributed by atoms with E-state index in [-0.39, 0.29) is 5.91 Å². The van der Waals surface area contributed by atoms with Gasteiger partial charge < -0.3 is 15.8 Å². The fourth-order valence-electron chi connectivity index (χ4n) is 3.32. The zero-order valence-corrected chi connectivity index (χ0v) is 16.9. The van der Waals surface area contributed by atoms with Gasteiger partial charge in [0.1, 0.15) is 11.3 Å². The van der Waals surface area contributed by atoms with E-state index in [1.54, 1.807) is 31.6 Å². The Morgan fingerprint density at radius 2 is 2.13 bits per heavy atom. The molecular formula is C20H15N7O3S. The number of hydrogen-bond donors (Lipinski definition) is 3. The van der Waals surface area contributed by atoms with Gasteiger partial charge in [-0.05, 0) is 29.7 Å². The summed E-state index contributed by atoms with van der Waals surface area (Å²) in [6, 6.07) is 7.14. The van der Waals surface area contributed by atoms with Crippen molar-refractivity contribution >= 4 is 44.6 Å². The summed E-state index contributed by atoms with van der Waals surface area (Å²) in [7, 11) is 1.55. The van der Waals surface area contributed by atoms with Gasteiger partial charge in [0.05, 0.1) is 35.8 Å². The molecule has 0 bridgehead atoms. The second-order valence-corrected chi connectivity index (χ2v) is 7.71. The van der Waals surface area contributed by atoms with E-state index in [4.69, 9.17) is 10.5 Å². The summed E-state index contributed by atoms with van der Waals surface area (Å²) in [5, 5.41) is 14.8. The molecule has 4 heterocycles. The molecule has 5 aromatic rings. The maximum Gasteiger partial charge on any atom is 0.261 e. The highest BCUT2D eigenvalue weighted by Crippen LogP contribution is 2.39. The quantitative estimate of drug-likeness (QED) is 0.389. The van der Waals surface area contributed by atoms with Crippen molar-refractivity contribution in [3.8, 4) is 17.0 Å². The van der Waals surface area contributed by atoms with Crippen LogP contribution in [0.5, 0.6) is 5.75 Å². The average Bonchev–Trinajstić information content (AvgIpc) is 3.50. The maximum atomic E-state index is 12.9. The Bertz CT molecular complexity index is 1470. The Kier molecular flexibility index (Phi) is 4.37. The van der Waals surface area contributed by atoms with Crippen LogP contribution in [0.15, 0.2) is 49.1 Å². The summed E-state index contributed by atoms with van der Waals surface area (Å²) in [4.78, 5) is 29.1. The molecule has 4 N–H and O–H groups in total. The van der Waals surface area contributed by atoms with E-state index in [1.807, 2.05) is 12.1 Å². The summed E-state index contributed by atoms with van der Waals surface area (Å²) in [5.41, 5.74) is 7.88. The van der Waals surface area contributed by atoms with Crippen LogP contribution >= 0.6 is 11.3 Å². The minimum atomic E-state index is -0.488. The van der Waals surface area contributed by atoms with Gasteiger partial charge in [-0.2, -0.15) is 10.2 Å². The number of aromatic nitrogens is 5. The second kappa shape index (κ2) is 7.22. The van der Waals surface area contributed by atoms with Gasteiger partial charge in [0.25, 0.3) is 11.8 Å². The number of methoxy groups -OCH3 is 1. The molecular weight excluding hydrogens is 418 g/mol. The number of H-pyrrole nitrogens is 1. The normalized spacial score (nSPS) is 11.1. The highest BCUT2D eigenvalue weighted by molar-refractivity contribution is 7.20. The molecule has 5 rings (SSSR count). The summed E-state index contributed by atoms with van der Waals surface area (Å²) >= 11 is 1.29. The lowest BCUT2D eigenvalue weighted by Crippen LogP contribution is -2.12. The molecule has 0 saturated carbocycles. The molecule has 0 spiro atoms. The number of primary amides is 1. The molecule has 2 amide bonds. The molecule has 0 radical (unpaired) electrons. The van der Waals surface area contributed by atoms with Gasteiger partial charge in [-0.1, -0.05) is 0 Å². The SMILES string of the molecule is COc1cc2sc(C(N)=O)cc2cc1-c1[nH]ncc1NC(=O)c1cnn2cccnc12. The number of hydrogen-bond acceptors (Lipinski definition) is 7. The molecule has 0 saturated heterocycles. The molecule has 0 aliphatic carbocycles. The first kappa shape index (κ1) is 18.8. The summed E-state index contributed by atoms with van der Waals surface area (Å²) in [6.45, 7) is 0. The van der Waals surface area contributed by atoms with E-state index >= 15 is 0 Å². The molecule has 10 nitrogen and oxygen atoms in total. The predicted molar refractivity (Wildman–Crippen MR) is 115 cm³/mol. The van der Waals surface area contributed by atoms with Crippen molar-refractivity contribution in [2.75, 3.05) is 12.4 Å². The first-order valence-corrected chi connectivity index (χ1v) is 9.91. The third-order valence-corrected chi connectivity index (χ3v) is 5.87. The Morgan fingerprint density at radius 3 is 2.94 bits per heavy atom. The fourth-order valence-corrected chi connectivity index (χ4v) is 4.24. The summed E-state index contributed by atoms with van der Waals surface area (Å²) < 4.78 is 7.92. The van der Waals surface area contributed by atoms with Crippen molar-refractivity contribution in [3.05, 3.63) is 59.5 Å². The van der Waals surface area contributed by atoms with E-state index in [1.165, 1.54) is 28.2 Å². The van der Waals surface area contributed by atoms with E-state index in [0.29, 0.717) is 38.8 Å². The van der Waals surface area contributed by atoms with E-state index in [0.717, 1.165) is 10.1 Å². The number of carbonyl (C=O) groups excluding carboxylic acids is 2. The number of nitrogens with two attached hydrogens (primary N) is 1. The van der Waals surface area contributed by atoms with Crippen LogP contribution in [0.25, 0.3) is 27.0 Å². The minimum absolute atomic E-state index is 0.333. The number of nitrogens with one attached hydrogen (secondary N) is 2. The molecule has 0 atom stereocenters. The molecule has 11 heteroatoms. The third kappa shape index (κ3) is 3.16. The van der Waals surface area contributed by atoms with Crippen molar-refractivity contribution in [1.29, 1.82) is 0 Å². The smallest absolute Gasteiger partial charge is 0.261 e. The van der Waals surface area contributed by atoms with Crippen LogP contribution in [0, 0.1) is 0 Å². The average molecular weight is 433 g/mol. The number of aromatic amines is 1. The van der Waals surface area contributed by atoms with E-state index in [2.05, 4.69) is 25.6 Å². The first-order chi connectivity index (χ1) is 15.0. The van der Waals surface area contributed by atoms with Crippen LogP contribution in [-0.4, -0.2) is 43.7 Å². The highest BCUT2D eigenvalue weighted by atomic mass is 32.1. The number of fused-ring (bicyclic) bond motifs is 2. The van der Waals surface area contributed by atoms with Crippen LogP contribution in [0.3, 0.4) is 0 Å². The molecule has 0 aliphatic rings. The maximum absolute atomic E-state index is 12.9. The Balaban J connectivity index is 1.54. The zero-order valence-electron chi connectivity index (χ0n) is 16.1. The Hall–Kier alpha value is -4.25. The Morgan fingerprint density at radius 1 is 1.26 bits per heavy atom. The zero-order chi connectivity index (χ0) is 21.5. The molecule has 0 aliphatic heterocycles. The van der Waals surface area contributed by atoms with Crippen molar-refractivity contribution < 1.29 is 14.3 Å². The fraction of sp³-hybridized carbons (Fsp3) is 0.0500. The van der Waals surface area contributed by atoms with Gasteiger partial charge in [0.15, 0.2) is 5.65 Å². The van der Waals surface area contributed by atoms with Crippen molar-refractivity contribution in [2.24, 2.45) is 5.73 Å². The van der Waals surface area contributed by atoms with Crippen LogP contribution in [-0.2, 0) is 0 Å². The molecule has 154 valence electrons. The van der Waals surface area contributed by atoms with Gasteiger partial charge in [0, 0.05) is 22.7 Å². The number of benzene rings is 1. The van der Waals surface area contributed by atoms with Gasteiger partial charge in [-0.15, -0.1) is 11.3 Å². The summed E-state index contributed by atoms with van der Waals surface area (Å²) in [5.74, 6) is -0.302. The molecule has 31 heavy (non-hydrogen) atoms. The lowest BCUT2D eigenvalue weighted by atomic mass is 10.1. The van der Waals surface area contributed by atoms with E-state index < -0.39 is 5.91 Å².